The molecular weight excluding hydrogens is 408 g/mol. The average Bonchev–Trinajstić information content (AvgIpc) is 3.25. The molecule has 7 heteroatoms. The predicted molar refractivity (Wildman–Crippen MR) is 121 cm³/mol. The smallest absolute Gasteiger partial charge is 0.227 e. The van der Waals surface area contributed by atoms with Gasteiger partial charge in [0.2, 0.25) is 17.6 Å². The predicted octanol–water partition coefficient (Wildman–Crippen LogP) is 5.47. The second-order valence-electron chi connectivity index (χ2n) is 7.20. The van der Waals surface area contributed by atoms with Crippen LogP contribution >= 0.6 is 11.8 Å². The molecule has 4 rings (SSSR count). The van der Waals surface area contributed by atoms with Crippen molar-refractivity contribution in [1.82, 2.24) is 15.1 Å². The number of hydrogen-bond acceptors (Lipinski definition) is 6. The Morgan fingerprint density at radius 1 is 1.10 bits per heavy atom. The molecule has 31 heavy (non-hydrogen) atoms. The van der Waals surface area contributed by atoms with E-state index in [1.807, 2.05) is 36.4 Å². The molecule has 6 nitrogen and oxygen atoms in total. The number of benzene rings is 2. The van der Waals surface area contributed by atoms with Crippen molar-refractivity contribution >= 4 is 23.4 Å². The van der Waals surface area contributed by atoms with Crippen LogP contribution in [0.2, 0.25) is 0 Å². The normalized spacial score (nSPS) is 10.8. The minimum absolute atomic E-state index is 0.101. The first-order valence-electron chi connectivity index (χ1n) is 9.95. The van der Waals surface area contributed by atoms with Crippen LogP contribution in [0.3, 0.4) is 0 Å². The molecule has 0 saturated carbocycles. The molecule has 0 radical (unpaired) electrons. The summed E-state index contributed by atoms with van der Waals surface area (Å²) in [6, 6.07) is 18.0. The summed E-state index contributed by atoms with van der Waals surface area (Å²) in [4.78, 5) is 23.0. The van der Waals surface area contributed by atoms with Crippen LogP contribution in [-0.2, 0) is 11.2 Å². The van der Waals surface area contributed by atoms with Gasteiger partial charge >= 0.3 is 0 Å². The molecule has 4 aromatic rings. The van der Waals surface area contributed by atoms with Gasteiger partial charge in [-0.3, -0.25) is 9.78 Å². The number of aromatic nitrogens is 3. The van der Waals surface area contributed by atoms with Gasteiger partial charge in [-0.1, -0.05) is 34.6 Å². The van der Waals surface area contributed by atoms with Crippen molar-refractivity contribution in [2.75, 3.05) is 5.32 Å². The van der Waals surface area contributed by atoms with Crippen LogP contribution in [-0.4, -0.2) is 21.0 Å². The highest BCUT2D eigenvalue weighted by Gasteiger charge is 2.11. The number of nitrogens with zero attached hydrogens (tertiary/aromatic N) is 3. The Morgan fingerprint density at radius 2 is 1.94 bits per heavy atom. The molecule has 2 aromatic heterocycles. The summed E-state index contributed by atoms with van der Waals surface area (Å²) < 4.78 is 5.24. The van der Waals surface area contributed by atoms with Crippen molar-refractivity contribution in [2.45, 2.75) is 36.5 Å². The number of anilines is 1. The topological polar surface area (TPSA) is 80.9 Å². The van der Waals surface area contributed by atoms with Gasteiger partial charge in [0.15, 0.2) is 0 Å². The SMILES string of the molecule is Cc1ccc(Sc2ccc(NC(=O)CCc3nc(-c4cccnc4)no3)cc2)c(C)c1. The van der Waals surface area contributed by atoms with E-state index in [0.29, 0.717) is 18.1 Å². The summed E-state index contributed by atoms with van der Waals surface area (Å²) in [6.45, 7) is 4.21. The number of rotatable bonds is 7. The summed E-state index contributed by atoms with van der Waals surface area (Å²) in [7, 11) is 0. The Hall–Kier alpha value is -3.45. The van der Waals surface area contributed by atoms with Gasteiger partial charge < -0.3 is 9.84 Å². The lowest BCUT2D eigenvalue weighted by molar-refractivity contribution is -0.116. The molecule has 1 amide bonds. The summed E-state index contributed by atoms with van der Waals surface area (Å²) >= 11 is 1.71. The molecule has 0 atom stereocenters. The van der Waals surface area contributed by atoms with Gasteiger partial charge in [0.05, 0.1) is 0 Å². The fourth-order valence-electron chi connectivity index (χ4n) is 3.06. The third-order valence-corrected chi connectivity index (χ3v) is 5.84. The van der Waals surface area contributed by atoms with Gasteiger partial charge in [-0.2, -0.15) is 4.98 Å². The van der Waals surface area contributed by atoms with Gasteiger partial charge in [0, 0.05) is 46.3 Å². The average molecular weight is 431 g/mol. The van der Waals surface area contributed by atoms with Crippen molar-refractivity contribution in [1.29, 1.82) is 0 Å². The van der Waals surface area contributed by atoms with Crippen LogP contribution in [0, 0.1) is 13.8 Å². The molecule has 0 saturated heterocycles. The highest BCUT2D eigenvalue weighted by atomic mass is 32.2. The molecule has 0 aliphatic rings. The van der Waals surface area contributed by atoms with Gasteiger partial charge in [-0.25, -0.2) is 0 Å². The molecule has 0 aliphatic heterocycles. The summed E-state index contributed by atoms with van der Waals surface area (Å²) in [5, 5.41) is 6.86. The first kappa shape index (κ1) is 20.8. The second-order valence-corrected chi connectivity index (χ2v) is 8.31. The zero-order valence-electron chi connectivity index (χ0n) is 17.3. The van der Waals surface area contributed by atoms with E-state index in [-0.39, 0.29) is 12.3 Å². The maximum absolute atomic E-state index is 12.3. The van der Waals surface area contributed by atoms with Crippen molar-refractivity contribution in [3.05, 3.63) is 84.0 Å². The monoisotopic (exact) mass is 430 g/mol. The highest BCUT2D eigenvalue weighted by molar-refractivity contribution is 7.99. The molecule has 0 aliphatic carbocycles. The van der Waals surface area contributed by atoms with Crippen molar-refractivity contribution in [3.63, 3.8) is 0 Å². The molecule has 0 fully saturated rings. The summed E-state index contributed by atoms with van der Waals surface area (Å²) in [6.07, 6.45) is 3.99. The van der Waals surface area contributed by atoms with E-state index >= 15 is 0 Å². The number of carbonyl (C=O) groups is 1. The van der Waals surface area contributed by atoms with Crippen molar-refractivity contribution in [3.8, 4) is 11.4 Å². The lowest BCUT2D eigenvalue weighted by Gasteiger charge is -2.08. The standard InChI is InChI=1S/C24H22N4O2S/c1-16-5-10-21(17(2)14-16)31-20-8-6-19(7-9-20)26-22(29)11-12-23-27-24(28-30-23)18-4-3-13-25-15-18/h3-10,13-15H,11-12H2,1-2H3,(H,26,29). The highest BCUT2D eigenvalue weighted by Crippen LogP contribution is 2.31. The molecule has 1 N–H and O–H groups in total. The minimum Gasteiger partial charge on any atom is -0.339 e. The molecular formula is C24H22N4O2S. The van der Waals surface area contributed by atoms with Crippen LogP contribution in [0.5, 0.6) is 0 Å². The lowest BCUT2D eigenvalue weighted by Crippen LogP contribution is -2.12. The van der Waals surface area contributed by atoms with E-state index in [1.165, 1.54) is 16.0 Å². The van der Waals surface area contributed by atoms with E-state index in [0.717, 1.165) is 16.1 Å². The zero-order chi connectivity index (χ0) is 21.6. The maximum atomic E-state index is 12.3. The first-order valence-corrected chi connectivity index (χ1v) is 10.8. The quantitative estimate of drug-likeness (QED) is 0.419. The van der Waals surface area contributed by atoms with Crippen LogP contribution in [0.25, 0.3) is 11.4 Å². The molecule has 2 heterocycles. The van der Waals surface area contributed by atoms with Gasteiger partial charge in [0.1, 0.15) is 0 Å². The van der Waals surface area contributed by atoms with Crippen molar-refractivity contribution in [2.24, 2.45) is 0 Å². The third kappa shape index (κ3) is 5.58. The van der Waals surface area contributed by atoms with Gasteiger partial charge in [0.25, 0.3) is 0 Å². The minimum atomic E-state index is -0.101. The van der Waals surface area contributed by atoms with Gasteiger partial charge in [-0.05, 0) is 61.9 Å². The fraction of sp³-hybridized carbons (Fsp3) is 0.167. The Labute approximate surface area is 185 Å². The molecule has 0 unspecified atom stereocenters. The largest absolute Gasteiger partial charge is 0.339 e. The number of aryl methyl sites for hydroxylation is 3. The van der Waals surface area contributed by atoms with Crippen LogP contribution in [0.15, 0.2) is 81.3 Å². The van der Waals surface area contributed by atoms with E-state index in [2.05, 4.69) is 52.5 Å². The molecule has 0 bridgehead atoms. The number of hydrogen-bond donors (Lipinski definition) is 1. The van der Waals surface area contributed by atoms with Gasteiger partial charge in [-0.15, -0.1) is 0 Å². The fourth-order valence-corrected chi connectivity index (χ4v) is 3.94. The Bertz CT molecular complexity index is 1170. The molecule has 156 valence electrons. The van der Waals surface area contributed by atoms with E-state index in [9.17, 15) is 4.79 Å². The zero-order valence-corrected chi connectivity index (χ0v) is 18.1. The number of pyridine rings is 1. The van der Waals surface area contributed by atoms with E-state index < -0.39 is 0 Å². The Morgan fingerprint density at radius 3 is 2.68 bits per heavy atom. The third-order valence-electron chi connectivity index (χ3n) is 4.65. The number of carbonyl (C=O) groups excluding carboxylic acids is 1. The maximum Gasteiger partial charge on any atom is 0.227 e. The van der Waals surface area contributed by atoms with Crippen molar-refractivity contribution < 1.29 is 9.32 Å². The number of nitrogens with one attached hydrogen (secondary N) is 1. The molecule has 0 spiro atoms. The lowest BCUT2D eigenvalue weighted by atomic mass is 10.2. The van der Waals surface area contributed by atoms with Crippen LogP contribution < -0.4 is 5.32 Å². The second kappa shape index (κ2) is 9.57. The van der Waals surface area contributed by atoms with E-state index in [4.69, 9.17) is 4.52 Å². The Kier molecular flexibility index (Phi) is 6.43. The summed E-state index contributed by atoms with van der Waals surface area (Å²) in [5.41, 5.74) is 4.06. The van der Waals surface area contributed by atoms with Crippen LogP contribution in [0.1, 0.15) is 23.4 Å². The summed E-state index contributed by atoms with van der Waals surface area (Å²) in [5.74, 6) is 0.797. The first-order chi connectivity index (χ1) is 15.1. The Balaban J connectivity index is 1.29. The van der Waals surface area contributed by atoms with Crippen LogP contribution in [0.4, 0.5) is 5.69 Å². The molecule has 2 aromatic carbocycles. The number of amides is 1. The van der Waals surface area contributed by atoms with E-state index in [1.54, 1.807) is 24.2 Å².